The number of hydrogen-bond acceptors (Lipinski definition) is 3. The summed E-state index contributed by atoms with van der Waals surface area (Å²) in [5.74, 6) is 0.759. The summed E-state index contributed by atoms with van der Waals surface area (Å²) in [6, 6.07) is 15.3. The van der Waals surface area contributed by atoms with E-state index in [1.165, 1.54) is 5.56 Å². The molecular formula is C27H38N2O3. The lowest BCUT2D eigenvalue weighted by Gasteiger charge is -2.31. The van der Waals surface area contributed by atoms with E-state index in [1.54, 1.807) is 4.90 Å². The molecule has 0 fully saturated rings. The quantitative estimate of drug-likeness (QED) is 0.523. The topological polar surface area (TPSA) is 58.6 Å². The second-order valence-electron chi connectivity index (χ2n) is 8.77. The van der Waals surface area contributed by atoms with E-state index in [2.05, 4.69) is 19.2 Å². The molecule has 0 saturated heterocycles. The molecule has 2 rings (SSSR count). The predicted molar refractivity (Wildman–Crippen MR) is 130 cm³/mol. The van der Waals surface area contributed by atoms with E-state index >= 15 is 0 Å². The molecule has 0 aliphatic heterocycles. The molecule has 0 radical (unpaired) electrons. The predicted octanol–water partition coefficient (Wildman–Crippen LogP) is 5.22. The monoisotopic (exact) mass is 438 g/mol. The summed E-state index contributed by atoms with van der Waals surface area (Å²) >= 11 is 0. The van der Waals surface area contributed by atoms with Gasteiger partial charge in [0.15, 0.2) is 6.61 Å². The van der Waals surface area contributed by atoms with Gasteiger partial charge in [0.05, 0.1) is 0 Å². The van der Waals surface area contributed by atoms with Crippen LogP contribution in [0.15, 0.2) is 48.5 Å². The molecule has 2 aromatic rings. The first kappa shape index (κ1) is 25.4. The molecule has 0 aliphatic carbocycles. The van der Waals surface area contributed by atoms with Gasteiger partial charge in [-0.05, 0) is 55.9 Å². The van der Waals surface area contributed by atoms with E-state index in [9.17, 15) is 9.59 Å². The fraction of sp³-hybridized carbons (Fsp3) is 0.481. The minimum absolute atomic E-state index is 0.0585. The summed E-state index contributed by atoms with van der Waals surface area (Å²) in [5, 5.41) is 3.03. The summed E-state index contributed by atoms with van der Waals surface area (Å²) in [4.78, 5) is 27.9. The van der Waals surface area contributed by atoms with E-state index < -0.39 is 6.04 Å². The number of benzene rings is 2. The first-order valence-corrected chi connectivity index (χ1v) is 11.6. The van der Waals surface area contributed by atoms with Gasteiger partial charge in [-0.2, -0.15) is 0 Å². The van der Waals surface area contributed by atoms with E-state index in [0.717, 1.165) is 17.5 Å². The normalized spacial score (nSPS) is 12.8. The van der Waals surface area contributed by atoms with Crippen molar-refractivity contribution in [2.45, 2.75) is 78.9 Å². The molecule has 0 spiro atoms. The molecule has 2 atom stereocenters. The van der Waals surface area contributed by atoms with Gasteiger partial charge in [0.1, 0.15) is 11.8 Å². The molecule has 5 heteroatoms. The Balaban J connectivity index is 2.19. The van der Waals surface area contributed by atoms with Crippen molar-refractivity contribution < 1.29 is 14.3 Å². The molecule has 0 heterocycles. The van der Waals surface area contributed by atoms with Crippen LogP contribution in [0.25, 0.3) is 0 Å². The maximum absolute atomic E-state index is 13.3. The molecule has 174 valence electrons. The van der Waals surface area contributed by atoms with Crippen molar-refractivity contribution in [3.8, 4) is 5.75 Å². The highest BCUT2D eigenvalue weighted by molar-refractivity contribution is 5.88. The summed E-state index contributed by atoms with van der Waals surface area (Å²) < 4.78 is 5.80. The maximum atomic E-state index is 13.3. The first-order valence-electron chi connectivity index (χ1n) is 11.6. The van der Waals surface area contributed by atoms with Crippen LogP contribution >= 0.6 is 0 Å². The standard InChI is InChI=1S/C27H38N2O3/c1-7-21(6)28-27(31)25(8-2)29(17-22-11-9-10-20(5)16-22)26(30)18-32-24-14-12-23(13-15-24)19(3)4/h9-16,19,21,25H,7-8,17-18H2,1-6H3,(H,28,31)/t21-,25-/m0/s1. The molecule has 0 aliphatic rings. The number of nitrogens with one attached hydrogen (secondary N) is 1. The number of carbonyl (C=O) groups is 2. The SMILES string of the molecule is CC[C@H](C)NC(=O)[C@H](CC)N(Cc1cccc(C)c1)C(=O)COc1ccc(C(C)C)cc1. The lowest BCUT2D eigenvalue weighted by atomic mass is 10.0. The molecule has 1 N–H and O–H groups in total. The van der Waals surface area contributed by atoms with Crippen molar-refractivity contribution in [1.29, 1.82) is 0 Å². The highest BCUT2D eigenvalue weighted by atomic mass is 16.5. The van der Waals surface area contributed by atoms with Gasteiger partial charge in [-0.25, -0.2) is 0 Å². The van der Waals surface area contributed by atoms with E-state index in [4.69, 9.17) is 4.74 Å². The molecule has 0 aromatic heterocycles. The number of hydrogen-bond donors (Lipinski definition) is 1. The fourth-order valence-corrected chi connectivity index (χ4v) is 3.54. The molecule has 5 nitrogen and oxygen atoms in total. The van der Waals surface area contributed by atoms with Crippen LogP contribution in [-0.4, -0.2) is 35.4 Å². The maximum Gasteiger partial charge on any atom is 0.261 e. The summed E-state index contributed by atoms with van der Waals surface area (Å²) in [5.41, 5.74) is 3.33. The van der Waals surface area contributed by atoms with Gasteiger partial charge in [-0.1, -0.05) is 69.7 Å². The zero-order valence-electron chi connectivity index (χ0n) is 20.4. The van der Waals surface area contributed by atoms with Crippen molar-refractivity contribution in [2.24, 2.45) is 0 Å². The number of amides is 2. The van der Waals surface area contributed by atoms with Gasteiger partial charge in [0, 0.05) is 12.6 Å². The highest BCUT2D eigenvalue weighted by Gasteiger charge is 2.29. The molecular weight excluding hydrogens is 400 g/mol. The average molecular weight is 439 g/mol. The molecule has 0 saturated carbocycles. The summed E-state index contributed by atoms with van der Waals surface area (Å²) in [6.07, 6.45) is 1.37. The lowest BCUT2D eigenvalue weighted by Crippen LogP contribution is -2.51. The molecule has 0 unspecified atom stereocenters. The summed E-state index contributed by atoms with van der Waals surface area (Å²) in [7, 11) is 0. The van der Waals surface area contributed by atoms with Crippen molar-refractivity contribution in [2.75, 3.05) is 6.61 Å². The van der Waals surface area contributed by atoms with Crippen LogP contribution in [0.1, 0.15) is 70.1 Å². The van der Waals surface area contributed by atoms with Gasteiger partial charge >= 0.3 is 0 Å². The number of ether oxygens (including phenoxy) is 1. The van der Waals surface area contributed by atoms with Crippen LogP contribution in [-0.2, 0) is 16.1 Å². The summed E-state index contributed by atoms with van der Waals surface area (Å²) in [6.45, 7) is 12.5. The largest absolute Gasteiger partial charge is 0.484 e. The third-order valence-corrected chi connectivity index (χ3v) is 5.73. The van der Waals surface area contributed by atoms with Crippen molar-refractivity contribution in [1.82, 2.24) is 10.2 Å². The van der Waals surface area contributed by atoms with E-state index in [0.29, 0.717) is 24.6 Å². The Bertz CT molecular complexity index is 877. The molecule has 0 bridgehead atoms. The third kappa shape index (κ3) is 7.40. The fourth-order valence-electron chi connectivity index (χ4n) is 3.54. The Hall–Kier alpha value is -2.82. The smallest absolute Gasteiger partial charge is 0.261 e. The Morgan fingerprint density at radius 3 is 2.25 bits per heavy atom. The zero-order valence-corrected chi connectivity index (χ0v) is 20.4. The second-order valence-corrected chi connectivity index (χ2v) is 8.77. The van der Waals surface area contributed by atoms with Crippen LogP contribution in [0.3, 0.4) is 0 Å². The van der Waals surface area contributed by atoms with Crippen molar-refractivity contribution >= 4 is 11.8 Å². The van der Waals surface area contributed by atoms with Gasteiger partial charge < -0.3 is 15.0 Å². The van der Waals surface area contributed by atoms with E-state index in [-0.39, 0.29) is 24.5 Å². The lowest BCUT2D eigenvalue weighted by molar-refractivity contribution is -0.143. The van der Waals surface area contributed by atoms with Gasteiger partial charge in [-0.3, -0.25) is 9.59 Å². The van der Waals surface area contributed by atoms with Crippen LogP contribution in [0.2, 0.25) is 0 Å². The Morgan fingerprint density at radius 2 is 1.69 bits per heavy atom. The third-order valence-electron chi connectivity index (χ3n) is 5.73. The molecule has 2 aromatic carbocycles. The Labute approximate surface area is 193 Å². The van der Waals surface area contributed by atoms with Crippen molar-refractivity contribution in [3.63, 3.8) is 0 Å². The van der Waals surface area contributed by atoms with E-state index in [1.807, 2.05) is 76.2 Å². The second kappa shape index (κ2) is 12.3. The zero-order chi connectivity index (χ0) is 23.7. The highest BCUT2D eigenvalue weighted by Crippen LogP contribution is 2.19. The van der Waals surface area contributed by atoms with Crippen LogP contribution < -0.4 is 10.1 Å². The number of carbonyl (C=O) groups excluding carboxylic acids is 2. The van der Waals surface area contributed by atoms with Gasteiger partial charge in [-0.15, -0.1) is 0 Å². The van der Waals surface area contributed by atoms with Gasteiger partial charge in [0.2, 0.25) is 5.91 Å². The van der Waals surface area contributed by atoms with Crippen LogP contribution in [0.4, 0.5) is 0 Å². The number of aryl methyl sites for hydroxylation is 1. The van der Waals surface area contributed by atoms with Crippen molar-refractivity contribution in [3.05, 3.63) is 65.2 Å². The molecule has 32 heavy (non-hydrogen) atoms. The first-order chi connectivity index (χ1) is 15.2. The van der Waals surface area contributed by atoms with Gasteiger partial charge in [0.25, 0.3) is 5.91 Å². The Morgan fingerprint density at radius 1 is 1.00 bits per heavy atom. The van der Waals surface area contributed by atoms with Crippen LogP contribution in [0, 0.1) is 6.92 Å². The minimum atomic E-state index is -0.552. The minimum Gasteiger partial charge on any atom is -0.484 e. The Kier molecular flexibility index (Phi) is 9.76. The van der Waals surface area contributed by atoms with Crippen LogP contribution in [0.5, 0.6) is 5.75 Å². The molecule has 2 amide bonds. The average Bonchev–Trinajstić information content (AvgIpc) is 2.77. The number of rotatable bonds is 11. The number of nitrogens with zero attached hydrogens (tertiary/aromatic N) is 1.